The molecule has 3 rings (SSSR count). The molecule has 0 saturated carbocycles. The molecule has 2 aromatic heterocycles. The molecule has 20 heavy (non-hydrogen) atoms. The van der Waals surface area contributed by atoms with Gasteiger partial charge in [0.2, 0.25) is 0 Å². The molecule has 5 heteroatoms. The van der Waals surface area contributed by atoms with Gasteiger partial charge in [-0.15, -0.1) is 0 Å². The van der Waals surface area contributed by atoms with Crippen LogP contribution in [0.15, 0.2) is 54.7 Å². The number of hydrogen-bond donors (Lipinski definition) is 2. The fourth-order valence-corrected chi connectivity index (χ4v) is 1.86. The van der Waals surface area contributed by atoms with Crippen LogP contribution in [-0.2, 0) is 6.54 Å². The largest absolute Gasteiger partial charge is 0.366 e. The Balaban J connectivity index is 1.67. The molecule has 1 aromatic carbocycles. The Morgan fingerprint density at radius 1 is 1.05 bits per heavy atom. The third kappa shape index (κ3) is 2.83. The van der Waals surface area contributed by atoms with Crippen molar-refractivity contribution in [3.8, 4) is 11.4 Å². The van der Waals surface area contributed by atoms with Crippen LogP contribution in [0, 0.1) is 5.82 Å². The molecular formula is C15H13FN4. The van der Waals surface area contributed by atoms with Gasteiger partial charge in [-0.05, 0) is 29.8 Å². The summed E-state index contributed by atoms with van der Waals surface area (Å²) < 4.78 is 12.8. The molecule has 0 saturated heterocycles. The number of aromatic amines is 1. The summed E-state index contributed by atoms with van der Waals surface area (Å²) in [4.78, 5) is 4.24. The number of halogens is 1. The van der Waals surface area contributed by atoms with Gasteiger partial charge in [-0.25, -0.2) is 4.39 Å². The molecule has 2 heterocycles. The van der Waals surface area contributed by atoms with Crippen molar-refractivity contribution in [2.75, 3.05) is 5.32 Å². The van der Waals surface area contributed by atoms with Crippen molar-refractivity contribution in [2.45, 2.75) is 6.54 Å². The number of nitrogens with zero attached hydrogens (tertiary/aromatic N) is 2. The van der Waals surface area contributed by atoms with Crippen LogP contribution < -0.4 is 5.32 Å². The highest BCUT2D eigenvalue weighted by Gasteiger charge is 2.04. The van der Waals surface area contributed by atoms with Crippen molar-refractivity contribution >= 4 is 5.82 Å². The Labute approximate surface area is 115 Å². The molecule has 3 aromatic rings. The number of pyridine rings is 1. The molecule has 0 fully saturated rings. The van der Waals surface area contributed by atoms with Gasteiger partial charge in [0.15, 0.2) is 0 Å². The molecule has 0 atom stereocenters. The van der Waals surface area contributed by atoms with E-state index in [0.29, 0.717) is 6.54 Å². The maximum absolute atomic E-state index is 12.8. The molecule has 2 N–H and O–H groups in total. The zero-order valence-corrected chi connectivity index (χ0v) is 10.7. The minimum absolute atomic E-state index is 0.229. The van der Waals surface area contributed by atoms with Gasteiger partial charge in [0.05, 0.1) is 5.69 Å². The number of aromatic nitrogens is 3. The lowest BCUT2D eigenvalue weighted by molar-refractivity contribution is 0.627. The van der Waals surface area contributed by atoms with Crippen LogP contribution in [0.4, 0.5) is 10.2 Å². The monoisotopic (exact) mass is 268 g/mol. The van der Waals surface area contributed by atoms with Gasteiger partial charge in [0, 0.05) is 18.8 Å². The molecule has 0 aliphatic rings. The molecule has 0 bridgehead atoms. The highest BCUT2D eigenvalue weighted by molar-refractivity contribution is 5.58. The number of rotatable bonds is 4. The van der Waals surface area contributed by atoms with Crippen molar-refractivity contribution in [3.63, 3.8) is 0 Å². The molecular weight excluding hydrogens is 255 g/mol. The lowest BCUT2D eigenvalue weighted by atomic mass is 10.2. The third-order valence-corrected chi connectivity index (χ3v) is 2.90. The maximum atomic E-state index is 12.8. The SMILES string of the molecule is Fc1ccc(CNc2cc(-c3ccccn3)n[nH]2)cc1. The van der Waals surface area contributed by atoms with E-state index in [1.807, 2.05) is 24.3 Å². The van der Waals surface area contributed by atoms with E-state index in [2.05, 4.69) is 20.5 Å². The fraction of sp³-hybridized carbons (Fsp3) is 0.0667. The standard InChI is InChI=1S/C15H13FN4/c16-12-6-4-11(5-7-12)10-18-15-9-14(19-20-15)13-3-1-2-8-17-13/h1-9H,10H2,(H2,18,19,20). The fourth-order valence-electron chi connectivity index (χ4n) is 1.86. The first kappa shape index (κ1) is 12.3. The van der Waals surface area contributed by atoms with E-state index in [9.17, 15) is 4.39 Å². The van der Waals surface area contributed by atoms with E-state index in [1.165, 1.54) is 12.1 Å². The van der Waals surface area contributed by atoms with E-state index >= 15 is 0 Å². The van der Waals surface area contributed by atoms with Crippen LogP contribution >= 0.6 is 0 Å². The average Bonchev–Trinajstić information content (AvgIpc) is 2.97. The van der Waals surface area contributed by atoms with Crippen molar-refractivity contribution in [3.05, 3.63) is 66.1 Å². The summed E-state index contributed by atoms with van der Waals surface area (Å²) in [5, 5.41) is 10.3. The van der Waals surface area contributed by atoms with Gasteiger partial charge < -0.3 is 5.32 Å². The van der Waals surface area contributed by atoms with E-state index in [0.717, 1.165) is 22.8 Å². The Hall–Kier alpha value is -2.69. The van der Waals surface area contributed by atoms with Crippen molar-refractivity contribution in [1.82, 2.24) is 15.2 Å². The van der Waals surface area contributed by atoms with E-state index in [-0.39, 0.29) is 5.82 Å². The lowest BCUT2D eigenvalue weighted by Crippen LogP contribution is -1.99. The topological polar surface area (TPSA) is 53.6 Å². The van der Waals surface area contributed by atoms with Gasteiger partial charge in [0.1, 0.15) is 17.3 Å². The van der Waals surface area contributed by atoms with Crippen molar-refractivity contribution in [1.29, 1.82) is 0 Å². The minimum Gasteiger partial charge on any atom is -0.366 e. The van der Waals surface area contributed by atoms with Crippen molar-refractivity contribution < 1.29 is 4.39 Å². The second kappa shape index (κ2) is 5.52. The number of nitrogens with one attached hydrogen (secondary N) is 2. The van der Waals surface area contributed by atoms with Crippen molar-refractivity contribution in [2.24, 2.45) is 0 Å². The van der Waals surface area contributed by atoms with E-state index in [4.69, 9.17) is 0 Å². The summed E-state index contributed by atoms with van der Waals surface area (Å²) in [5.41, 5.74) is 2.60. The number of benzene rings is 1. The molecule has 0 radical (unpaired) electrons. The Morgan fingerprint density at radius 3 is 2.65 bits per heavy atom. The van der Waals surface area contributed by atoms with E-state index < -0.39 is 0 Å². The van der Waals surface area contributed by atoms with Gasteiger partial charge >= 0.3 is 0 Å². The number of hydrogen-bond acceptors (Lipinski definition) is 3. The van der Waals surface area contributed by atoms with Crippen LogP contribution in [-0.4, -0.2) is 15.2 Å². The van der Waals surface area contributed by atoms with Crippen LogP contribution in [0.5, 0.6) is 0 Å². The highest BCUT2D eigenvalue weighted by Crippen LogP contribution is 2.17. The summed E-state index contributed by atoms with van der Waals surface area (Å²) in [7, 11) is 0. The Morgan fingerprint density at radius 2 is 1.90 bits per heavy atom. The number of H-pyrrole nitrogens is 1. The second-order valence-corrected chi connectivity index (χ2v) is 4.36. The quantitative estimate of drug-likeness (QED) is 0.764. The zero-order chi connectivity index (χ0) is 13.8. The van der Waals surface area contributed by atoms with Gasteiger partial charge in [-0.3, -0.25) is 10.1 Å². The summed E-state index contributed by atoms with van der Waals surface area (Å²) in [6, 6.07) is 14.0. The molecule has 0 amide bonds. The molecule has 0 spiro atoms. The molecule has 0 unspecified atom stereocenters. The Kier molecular flexibility index (Phi) is 3.41. The first-order valence-electron chi connectivity index (χ1n) is 6.26. The van der Waals surface area contributed by atoms with Gasteiger partial charge in [-0.2, -0.15) is 5.10 Å². The van der Waals surface area contributed by atoms with Crippen LogP contribution in [0.25, 0.3) is 11.4 Å². The lowest BCUT2D eigenvalue weighted by Gasteiger charge is -2.02. The summed E-state index contributed by atoms with van der Waals surface area (Å²) in [5.74, 6) is 0.572. The minimum atomic E-state index is -0.229. The van der Waals surface area contributed by atoms with Crippen LogP contribution in [0.3, 0.4) is 0 Å². The number of anilines is 1. The maximum Gasteiger partial charge on any atom is 0.123 e. The predicted molar refractivity (Wildman–Crippen MR) is 75.5 cm³/mol. The second-order valence-electron chi connectivity index (χ2n) is 4.36. The summed E-state index contributed by atoms with van der Waals surface area (Å²) in [6.07, 6.45) is 1.73. The normalized spacial score (nSPS) is 10.4. The van der Waals surface area contributed by atoms with Gasteiger partial charge in [-0.1, -0.05) is 18.2 Å². The zero-order valence-electron chi connectivity index (χ0n) is 10.7. The third-order valence-electron chi connectivity index (χ3n) is 2.90. The highest BCUT2D eigenvalue weighted by atomic mass is 19.1. The first-order valence-corrected chi connectivity index (χ1v) is 6.26. The smallest absolute Gasteiger partial charge is 0.123 e. The van der Waals surface area contributed by atoms with Crippen LogP contribution in [0.1, 0.15) is 5.56 Å². The summed E-state index contributed by atoms with van der Waals surface area (Å²) >= 11 is 0. The predicted octanol–water partition coefficient (Wildman–Crippen LogP) is 3.22. The average molecular weight is 268 g/mol. The van der Waals surface area contributed by atoms with Crippen LogP contribution in [0.2, 0.25) is 0 Å². The molecule has 4 nitrogen and oxygen atoms in total. The first-order chi connectivity index (χ1) is 9.81. The molecule has 0 aliphatic heterocycles. The summed E-state index contributed by atoms with van der Waals surface area (Å²) in [6.45, 7) is 0.601. The molecule has 0 aliphatic carbocycles. The van der Waals surface area contributed by atoms with E-state index in [1.54, 1.807) is 18.3 Å². The van der Waals surface area contributed by atoms with Gasteiger partial charge in [0.25, 0.3) is 0 Å². The Bertz CT molecular complexity index is 677. The molecule has 100 valence electrons.